The maximum Gasteiger partial charge on any atom is 0.310 e. The predicted octanol–water partition coefficient (Wildman–Crippen LogP) is 0.311. The van der Waals surface area contributed by atoms with Gasteiger partial charge >= 0.3 is 5.97 Å². The SMILES string of the molecule is O=C(O)C1C=CC(NC(=O)[C@H]2CCCO2)C1. The fraction of sp³-hybridized carbons (Fsp3) is 0.636. The Morgan fingerprint density at radius 3 is 2.75 bits per heavy atom. The summed E-state index contributed by atoms with van der Waals surface area (Å²) in [6, 6.07) is -0.169. The van der Waals surface area contributed by atoms with Crippen molar-refractivity contribution in [3.8, 4) is 0 Å². The molecular formula is C11H15NO4. The molecule has 1 amide bonds. The van der Waals surface area contributed by atoms with Gasteiger partial charge in [-0.1, -0.05) is 12.2 Å². The predicted molar refractivity (Wildman–Crippen MR) is 55.8 cm³/mol. The zero-order valence-corrected chi connectivity index (χ0v) is 8.89. The van der Waals surface area contributed by atoms with Crippen molar-refractivity contribution in [2.75, 3.05) is 6.61 Å². The minimum atomic E-state index is -0.842. The zero-order chi connectivity index (χ0) is 11.5. The minimum absolute atomic E-state index is 0.127. The number of carboxylic acids is 1. The van der Waals surface area contributed by atoms with Crippen molar-refractivity contribution >= 4 is 11.9 Å². The second-order valence-electron chi connectivity index (χ2n) is 4.18. The van der Waals surface area contributed by atoms with Crippen molar-refractivity contribution in [3.05, 3.63) is 12.2 Å². The van der Waals surface area contributed by atoms with E-state index in [-0.39, 0.29) is 18.1 Å². The molecule has 0 spiro atoms. The maximum atomic E-state index is 11.7. The fourth-order valence-electron chi connectivity index (χ4n) is 2.05. The van der Waals surface area contributed by atoms with Crippen LogP contribution in [0.25, 0.3) is 0 Å². The van der Waals surface area contributed by atoms with Gasteiger partial charge in [0.2, 0.25) is 5.91 Å². The van der Waals surface area contributed by atoms with Crippen molar-refractivity contribution in [2.45, 2.75) is 31.4 Å². The monoisotopic (exact) mass is 225 g/mol. The van der Waals surface area contributed by atoms with E-state index in [0.29, 0.717) is 13.0 Å². The normalized spacial score (nSPS) is 32.9. The lowest BCUT2D eigenvalue weighted by Crippen LogP contribution is -2.40. The number of carbonyl (C=O) groups is 2. The molecule has 0 radical (unpaired) electrons. The van der Waals surface area contributed by atoms with Crippen molar-refractivity contribution in [2.24, 2.45) is 5.92 Å². The fourth-order valence-corrected chi connectivity index (χ4v) is 2.05. The summed E-state index contributed by atoms with van der Waals surface area (Å²) in [5, 5.41) is 11.6. The topological polar surface area (TPSA) is 75.6 Å². The van der Waals surface area contributed by atoms with Crippen LogP contribution in [0.4, 0.5) is 0 Å². The molecule has 5 nitrogen and oxygen atoms in total. The first-order valence-electron chi connectivity index (χ1n) is 5.50. The molecule has 0 aromatic heterocycles. The van der Waals surface area contributed by atoms with E-state index in [0.717, 1.165) is 12.8 Å². The second-order valence-corrected chi connectivity index (χ2v) is 4.18. The van der Waals surface area contributed by atoms with Crippen LogP contribution in [0.1, 0.15) is 19.3 Å². The van der Waals surface area contributed by atoms with Gasteiger partial charge in [0.15, 0.2) is 0 Å². The third-order valence-corrected chi connectivity index (χ3v) is 2.95. The molecule has 1 aliphatic heterocycles. The van der Waals surface area contributed by atoms with E-state index in [1.165, 1.54) is 0 Å². The summed E-state index contributed by atoms with van der Waals surface area (Å²) in [5.41, 5.74) is 0. The highest BCUT2D eigenvalue weighted by Crippen LogP contribution is 2.19. The van der Waals surface area contributed by atoms with E-state index in [1.807, 2.05) is 0 Å². The number of rotatable bonds is 3. The molecule has 1 fully saturated rings. The molecule has 5 heteroatoms. The van der Waals surface area contributed by atoms with Crippen LogP contribution in [-0.4, -0.2) is 35.7 Å². The van der Waals surface area contributed by atoms with Crippen LogP contribution in [0, 0.1) is 5.92 Å². The Labute approximate surface area is 93.5 Å². The number of aliphatic carboxylic acids is 1. The van der Waals surface area contributed by atoms with Crippen molar-refractivity contribution in [1.29, 1.82) is 0 Å². The Hall–Kier alpha value is -1.36. The molecule has 0 aromatic carbocycles. The van der Waals surface area contributed by atoms with Gasteiger partial charge in [-0.25, -0.2) is 0 Å². The molecule has 2 rings (SSSR count). The van der Waals surface area contributed by atoms with Crippen molar-refractivity contribution in [1.82, 2.24) is 5.32 Å². The number of nitrogens with one attached hydrogen (secondary N) is 1. The van der Waals surface area contributed by atoms with Crippen LogP contribution in [0.3, 0.4) is 0 Å². The molecule has 0 bridgehead atoms. The summed E-state index contributed by atoms with van der Waals surface area (Å²) in [5.74, 6) is -1.45. The summed E-state index contributed by atoms with van der Waals surface area (Å²) < 4.78 is 5.25. The first-order valence-corrected chi connectivity index (χ1v) is 5.50. The molecule has 2 aliphatic rings. The van der Waals surface area contributed by atoms with Crippen LogP contribution < -0.4 is 5.32 Å². The third-order valence-electron chi connectivity index (χ3n) is 2.95. The van der Waals surface area contributed by atoms with E-state index < -0.39 is 11.9 Å². The highest BCUT2D eigenvalue weighted by Gasteiger charge is 2.29. The Bertz CT molecular complexity index is 320. The quantitative estimate of drug-likeness (QED) is 0.678. The average Bonchev–Trinajstić information content (AvgIpc) is 2.87. The van der Waals surface area contributed by atoms with Gasteiger partial charge in [-0.2, -0.15) is 0 Å². The van der Waals surface area contributed by atoms with E-state index in [9.17, 15) is 9.59 Å². The molecule has 1 heterocycles. The molecule has 1 saturated heterocycles. The third kappa shape index (κ3) is 2.41. The smallest absolute Gasteiger partial charge is 0.310 e. The largest absolute Gasteiger partial charge is 0.481 e. The highest BCUT2D eigenvalue weighted by molar-refractivity contribution is 5.82. The van der Waals surface area contributed by atoms with Crippen LogP contribution in [0.5, 0.6) is 0 Å². The summed E-state index contributed by atoms with van der Waals surface area (Å²) >= 11 is 0. The van der Waals surface area contributed by atoms with E-state index in [2.05, 4.69) is 5.32 Å². The minimum Gasteiger partial charge on any atom is -0.481 e. The molecule has 0 saturated carbocycles. The van der Waals surface area contributed by atoms with Gasteiger partial charge in [-0.3, -0.25) is 9.59 Å². The molecular weight excluding hydrogens is 210 g/mol. The Kier molecular flexibility index (Phi) is 3.24. The van der Waals surface area contributed by atoms with Gasteiger partial charge in [0.1, 0.15) is 6.10 Å². The Balaban J connectivity index is 1.81. The van der Waals surface area contributed by atoms with Gasteiger partial charge in [0.05, 0.1) is 5.92 Å². The molecule has 16 heavy (non-hydrogen) atoms. The first kappa shape index (κ1) is 11.1. The second kappa shape index (κ2) is 4.65. The highest BCUT2D eigenvalue weighted by atomic mass is 16.5. The number of hydrogen-bond acceptors (Lipinski definition) is 3. The van der Waals surface area contributed by atoms with Crippen LogP contribution >= 0.6 is 0 Å². The van der Waals surface area contributed by atoms with E-state index in [4.69, 9.17) is 9.84 Å². The van der Waals surface area contributed by atoms with Crippen LogP contribution in [0.15, 0.2) is 12.2 Å². The van der Waals surface area contributed by atoms with Gasteiger partial charge < -0.3 is 15.2 Å². The number of ether oxygens (including phenoxy) is 1. The number of carbonyl (C=O) groups excluding carboxylic acids is 1. The summed E-state index contributed by atoms with van der Waals surface area (Å²) in [4.78, 5) is 22.4. The number of hydrogen-bond donors (Lipinski definition) is 2. The standard InChI is InChI=1S/C11H15NO4/c13-10(9-2-1-5-16-9)12-8-4-3-7(6-8)11(14)15/h3-4,7-9H,1-2,5-6H2,(H,12,13)(H,14,15)/t7?,8?,9-/m1/s1. The van der Waals surface area contributed by atoms with Gasteiger partial charge in [-0.15, -0.1) is 0 Å². The molecule has 1 aliphatic carbocycles. The molecule has 2 N–H and O–H groups in total. The lowest BCUT2D eigenvalue weighted by molar-refractivity contribution is -0.140. The van der Waals surface area contributed by atoms with Crippen molar-refractivity contribution < 1.29 is 19.4 Å². The Morgan fingerprint density at radius 1 is 1.38 bits per heavy atom. The summed E-state index contributed by atoms with van der Waals surface area (Å²) in [6.07, 6.45) is 5.13. The molecule has 88 valence electrons. The van der Waals surface area contributed by atoms with E-state index >= 15 is 0 Å². The van der Waals surface area contributed by atoms with Gasteiger partial charge in [0, 0.05) is 12.6 Å². The average molecular weight is 225 g/mol. The van der Waals surface area contributed by atoms with Crippen LogP contribution in [-0.2, 0) is 14.3 Å². The Morgan fingerprint density at radius 2 is 2.19 bits per heavy atom. The van der Waals surface area contributed by atoms with Gasteiger partial charge in [0.25, 0.3) is 0 Å². The molecule has 3 atom stereocenters. The molecule has 2 unspecified atom stereocenters. The lowest BCUT2D eigenvalue weighted by atomic mass is 10.1. The van der Waals surface area contributed by atoms with Gasteiger partial charge in [-0.05, 0) is 19.3 Å². The number of amides is 1. The first-order chi connectivity index (χ1) is 7.66. The van der Waals surface area contributed by atoms with Crippen LogP contribution in [0.2, 0.25) is 0 Å². The zero-order valence-electron chi connectivity index (χ0n) is 8.89. The summed E-state index contributed by atoms with van der Waals surface area (Å²) in [7, 11) is 0. The lowest BCUT2D eigenvalue weighted by Gasteiger charge is -2.15. The summed E-state index contributed by atoms with van der Waals surface area (Å²) in [6.45, 7) is 0.635. The van der Waals surface area contributed by atoms with Crippen molar-refractivity contribution in [3.63, 3.8) is 0 Å². The number of carboxylic acid groups (broad SMARTS) is 1. The molecule has 0 aromatic rings. The maximum absolute atomic E-state index is 11.7. The van der Waals surface area contributed by atoms with E-state index in [1.54, 1.807) is 12.2 Å².